The van der Waals surface area contributed by atoms with Gasteiger partial charge in [-0.15, -0.1) is 11.3 Å². The van der Waals surface area contributed by atoms with E-state index in [0.717, 1.165) is 12.8 Å². The van der Waals surface area contributed by atoms with E-state index in [0.29, 0.717) is 6.04 Å². The molecule has 1 heterocycles. The number of hydrogen-bond acceptors (Lipinski definition) is 2. The van der Waals surface area contributed by atoms with Crippen molar-refractivity contribution in [2.24, 2.45) is 0 Å². The second-order valence-electron chi connectivity index (χ2n) is 4.57. The zero-order valence-corrected chi connectivity index (χ0v) is 13.1. The Morgan fingerprint density at radius 3 is 2.72 bits per heavy atom. The molecule has 1 N–H and O–H groups in total. The van der Waals surface area contributed by atoms with Gasteiger partial charge in [-0.3, -0.25) is 0 Å². The summed E-state index contributed by atoms with van der Waals surface area (Å²) >= 11 is 5.42. The van der Waals surface area contributed by atoms with Crippen LogP contribution in [0.1, 0.15) is 16.0 Å². The summed E-state index contributed by atoms with van der Waals surface area (Å²) in [6, 6.07) is 11.4. The average molecular weight is 324 g/mol. The molecule has 0 radical (unpaired) electrons. The summed E-state index contributed by atoms with van der Waals surface area (Å²) in [5, 5.41) is 5.56. The number of hydrogen-bond donors (Lipinski definition) is 1. The third-order valence-corrected chi connectivity index (χ3v) is 5.04. The van der Waals surface area contributed by atoms with Gasteiger partial charge < -0.3 is 5.32 Å². The van der Waals surface area contributed by atoms with E-state index in [1.165, 1.54) is 20.5 Å². The average Bonchev–Trinajstić information content (AvgIpc) is 2.74. The number of nitrogens with one attached hydrogen (secondary N) is 1. The minimum Gasteiger partial charge on any atom is -0.316 e. The molecule has 1 atom stereocenters. The molecule has 0 aliphatic rings. The maximum Gasteiger partial charge on any atom is 0.0314 e. The quantitative estimate of drug-likeness (QED) is 0.869. The van der Waals surface area contributed by atoms with Gasteiger partial charge >= 0.3 is 0 Å². The van der Waals surface area contributed by atoms with Gasteiger partial charge in [0.15, 0.2) is 0 Å². The van der Waals surface area contributed by atoms with Gasteiger partial charge in [0.05, 0.1) is 0 Å². The first kappa shape index (κ1) is 13.8. The molecule has 2 aromatic rings. The van der Waals surface area contributed by atoms with Gasteiger partial charge in [0.2, 0.25) is 0 Å². The van der Waals surface area contributed by atoms with Gasteiger partial charge in [-0.1, -0.05) is 29.8 Å². The second-order valence-corrected chi connectivity index (χ2v) is 6.43. The molecule has 0 aliphatic heterocycles. The first-order valence-electron chi connectivity index (χ1n) is 6.13. The molecule has 1 aromatic carbocycles. The molecular formula is C15H18BrNS. The summed E-state index contributed by atoms with van der Waals surface area (Å²) in [4.78, 5) is 1.42. The molecule has 1 unspecified atom stereocenters. The van der Waals surface area contributed by atoms with Gasteiger partial charge in [-0.25, -0.2) is 0 Å². The third-order valence-electron chi connectivity index (χ3n) is 3.10. The van der Waals surface area contributed by atoms with Crippen molar-refractivity contribution in [2.45, 2.75) is 25.8 Å². The molecule has 0 fully saturated rings. The Hall–Kier alpha value is -0.640. The minimum absolute atomic E-state index is 0.488. The molecule has 1 nitrogen and oxygen atoms in total. The summed E-state index contributed by atoms with van der Waals surface area (Å²) in [6.07, 6.45) is 2.14. The molecule has 96 valence electrons. The first-order valence-corrected chi connectivity index (χ1v) is 7.81. The summed E-state index contributed by atoms with van der Waals surface area (Å²) in [7, 11) is 2.04. The van der Waals surface area contributed by atoms with Gasteiger partial charge in [-0.05, 0) is 59.8 Å². The molecule has 0 saturated carbocycles. The number of benzene rings is 1. The minimum atomic E-state index is 0.488. The van der Waals surface area contributed by atoms with Crippen LogP contribution in [0, 0.1) is 6.92 Å². The van der Waals surface area contributed by atoms with E-state index >= 15 is 0 Å². The Kier molecular flexibility index (Phi) is 4.98. The van der Waals surface area contributed by atoms with E-state index in [-0.39, 0.29) is 0 Å². The predicted molar refractivity (Wildman–Crippen MR) is 83.5 cm³/mol. The predicted octanol–water partition coefficient (Wildman–Crippen LogP) is 4.19. The highest BCUT2D eigenvalue weighted by atomic mass is 79.9. The van der Waals surface area contributed by atoms with Crippen LogP contribution in [-0.4, -0.2) is 13.1 Å². The maximum atomic E-state index is 3.60. The highest BCUT2D eigenvalue weighted by Gasteiger charge is 2.11. The molecule has 0 aliphatic carbocycles. The Morgan fingerprint density at radius 2 is 2.11 bits per heavy atom. The van der Waals surface area contributed by atoms with Crippen LogP contribution in [0.4, 0.5) is 0 Å². The Balaban J connectivity index is 2.04. The molecule has 0 bridgehead atoms. The summed E-state index contributed by atoms with van der Waals surface area (Å²) in [6.45, 7) is 2.15. The normalized spacial score (nSPS) is 12.6. The number of likely N-dealkylation sites (N-methyl/N-ethyl adjacent to an activating group) is 1. The van der Waals surface area contributed by atoms with Crippen molar-refractivity contribution in [3.05, 3.63) is 56.2 Å². The van der Waals surface area contributed by atoms with Crippen LogP contribution in [0.3, 0.4) is 0 Å². The van der Waals surface area contributed by atoms with Gasteiger partial charge in [0, 0.05) is 15.4 Å². The zero-order chi connectivity index (χ0) is 13.0. The highest BCUT2D eigenvalue weighted by molar-refractivity contribution is 9.10. The molecule has 3 heteroatoms. The first-order chi connectivity index (χ1) is 8.69. The lowest BCUT2D eigenvalue weighted by atomic mass is 10.0. The molecule has 0 amide bonds. The fourth-order valence-corrected chi connectivity index (χ4v) is 3.69. The van der Waals surface area contributed by atoms with Crippen LogP contribution in [0.25, 0.3) is 0 Å². The van der Waals surface area contributed by atoms with E-state index in [2.05, 4.69) is 63.9 Å². The molecule has 1 aromatic heterocycles. The van der Waals surface area contributed by atoms with E-state index in [4.69, 9.17) is 0 Å². The smallest absolute Gasteiger partial charge is 0.0314 e. The fourth-order valence-electron chi connectivity index (χ4n) is 2.09. The topological polar surface area (TPSA) is 12.0 Å². The van der Waals surface area contributed by atoms with Crippen molar-refractivity contribution < 1.29 is 0 Å². The van der Waals surface area contributed by atoms with Crippen molar-refractivity contribution in [1.29, 1.82) is 0 Å². The Labute approximate surface area is 121 Å². The Bertz CT molecular complexity index is 507. The number of halogens is 1. The standard InChI is InChI=1S/C15H18BrNS/c1-11-4-3-5-12(8-11)9-13(17-2)10-15-14(16)6-7-18-15/h3-8,13,17H,9-10H2,1-2H3. The van der Waals surface area contributed by atoms with Crippen LogP contribution >= 0.6 is 27.3 Å². The molecule has 0 spiro atoms. The van der Waals surface area contributed by atoms with Crippen molar-refractivity contribution in [2.75, 3.05) is 7.05 Å². The van der Waals surface area contributed by atoms with E-state index in [9.17, 15) is 0 Å². The summed E-state index contributed by atoms with van der Waals surface area (Å²) in [5.41, 5.74) is 2.74. The van der Waals surface area contributed by atoms with Gasteiger partial charge in [0.25, 0.3) is 0 Å². The lowest BCUT2D eigenvalue weighted by Crippen LogP contribution is -2.29. The SMILES string of the molecule is CNC(Cc1cccc(C)c1)Cc1sccc1Br. The number of aryl methyl sites for hydroxylation is 1. The third kappa shape index (κ3) is 3.67. The van der Waals surface area contributed by atoms with Crippen molar-refractivity contribution in [1.82, 2.24) is 5.32 Å². The van der Waals surface area contributed by atoms with Crippen LogP contribution < -0.4 is 5.32 Å². The zero-order valence-electron chi connectivity index (χ0n) is 10.7. The lowest BCUT2D eigenvalue weighted by molar-refractivity contribution is 0.559. The van der Waals surface area contributed by atoms with Gasteiger partial charge in [0.1, 0.15) is 0 Å². The fraction of sp³-hybridized carbons (Fsp3) is 0.333. The molecule has 18 heavy (non-hydrogen) atoms. The lowest BCUT2D eigenvalue weighted by Gasteiger charge is -2.16. The molecule has 2 rings (SSSR count). The Morgan fingerprint density at radius 1 is 1.28 bits per heavy atom. The molecular weight excluding hydrogens is 306 g/mol. The summed E-state index contributed by atoms with van der Waals surface area (Å²) in [5.74, 6) is 0. The van der Waals surface area contributed by atoms with Crippen LogP contribution in [-0.2, 0) is 12.8 Å². The summed E-state index contributed by atoms with van der Waals surface area (Å²) < 4.78 is 1.23. The van der Waals surface area contributed by atoms with Crippen LogP contribution in [0.2, 0.25) is 0 Å². The monoisotopic (exact) mass is 323 g/mol. The van der Waals surface area contributed by atoms with Gasteiger partial charge in [-0.2, -0.15) is 0 Å². The van der Waals surface area contributed by atoms with Crippen LogP contribution in [0.5, 0.6) is 0 Å². The molecule has 0 saturated heterocycles. The largest absolute Gasteiger partial charge is 0.316 e. The van der Waals surface area contributed by atoms with Crippen LogP contribution in [0.15, 0.2) is 40.2 Å². The van der Waals surface area contributed by atoms with Crippen molar-refractivity contribution >= 4 is 27.3 Å². The maximum absolute atomic E-state index is 3.60. The van der Waals surface area contributed by atoms with Crippen molar-refractivity contribution in [3.63, 3.8) is 0 Å². The van der Waals surface area contributed by atoms with E-state index in [1.54, 1.807) is 0 Å². The number of rotatable bonds is 5. The second kappa shape index (κ2) is 6.50. The number of thiophene rings is 1. The van der Waals surface area contributed by atoms with Crippen molar-refractivity contribution in [3.8, 4) is 0 Å². The highest BCUT2D eigenvalue weighted by Crippen LogP contribution is 2.24. The van der Waals surface area contributed by atoms with E-state index < -0.39 is 0 Å². The van der Waals surface area contributed by atoms with E-state index in [1.807, 2.05) is 18.4 Å².